The van der Waals surface area contributed by atoms with Gasteiger partial charge in [0, 0.05) is 23.5 Å². The number of halogens is 1. The average Bonchev–Trinajstić information content (AvgIpc) is 3.08. The van der Waals surface area contributed by atoms with Gasteiger partial charge in [0.25, 0.3) is 0 Å². The number of aryl methyl sites for hydroxylation is 1. The molecule has 0 radical (unpaired) electrons. The van der Waals surface area contributed by atoms with Crippen molar-refractivity contribution in [2.45, 2.75) is 20.4 Å². The molecule has 0 bridgehead atoms. The standard InChI is InChI=1S/C21H21ClN4S/c1-15-7-3-4-8-17(15)14-26-12-6-9-18(26)13-23-25-21(27)24-20-11-5-10-19(22)16(20)2/h3-13H,14H2,1-2H3,(H2,24,25,27)/b23-13-. The SMILES string of the molecule is Cc1ccccc1Cn1cccc1/C=N\NC(=S)Nc1cccc(Cl)c1C. The van der Waals surface area contributed by atoms with E-state index in [1.165, 1.54) is 11.1 Å². The summed E-state index contributed by atoms with van der Waals surface area (Å²) >= 11 is 11.4. The van der Waals surface area contributed by atoms with E-state index in [1.54, 1.807) is 6.21 Å². The largest absolute Gasteiger partial charge is 0.342 e. The number of rotatable bonds is 5. The summed E-state index contributed by atoms with van der Waals surface area (Å²) in [6, 6.07) is 18.0. The Balaban J connectivity index is 1.62. The zero-order chi connectivity index (χ0) is 19.2. The fraction of sp³-hybridized carbons (Fsp3) is 0.143. The molecular weight excluding hydrogens is 376 g/mol. The molecule has 27 heavy (non-hydrogen) atoms. The Kier molecular flexibility index (Phi) is 6.27. The monoisotopic (exact) mass is 396 g/mol. The van der Waals surface area contributed by atoms with Gasteiger partial charge in [-0.25, -0.2) is 0 Å². The molecule has 4 nitrogen and oxygen atoms in total. The minimum Gasteiger partial charge on any atom is -0.342 e. The second kappa shape index (κ2) is 8.84. The summed E-state index contributed by atoms with van der Waals surface area (Å²) in [6.07, 6.45) is 3.80. The maximum Gasteiger partial charge on any atom is 0.191 e. The van der Waals surface area contributed by atoms with Crippen molar-refractivity contribution in [2.24, 2.45) is 5.10 Å². The van der Waals surface area contributed by atoms with E-state index in [9.17, 15) is 0 Å². The number of benzene rings is 2. The van der Waals surface area contributed by atoms with Crippen molar-refractivity contribution >= 4 is 40.8 Å². The number of anilines is 1. The van der Waals surface area contributed by atoms with Crippen LogP contribution >= 0.6 is 23.8 Å². The Morgan fingerprint density at radius 1 is 1.11 bits per heavy atom. The van der Waals surface area contributed by atoms with Crippen LogP contribution in [-0.2, 0) is 6.54 Å². The van der Waals surface area contributed by atoms with Crippen molar-refractivity contribution in [3.8, 4) is 0 Å². The van der Waals surface area contributed by atoms with E-state index in [2.05, 4.69) is 51.6 Å². The first-order valence-electron chi connectivity index (χ1n) is 8.59. The predicted octanol–water partition coefficient (Wildman–Crippen LogP) is 5.13. The maximum absolute atomic E-state index is 6.13. The first-order chi connectivity index (χ1) is 13.0. The lowest BCUT2D eigenvalue weighted by molar-refractivity contribution is 0.793. The van der Waals surface area contributed by atoms with Crippen molar-refractivity contribution in [2.75, 3.05) is 5.32 Å². The van der Waals surface area contributed by atoms with Crippen LogP contribution in [0.5, 0.6) is 0 Å². The average molecular weight is 397 g/mol. The summed E-state index contributed by atoms with van der Waals surface area (Å²) in [7, 11) is 0. The van der Waals surface area contributed by atoms with E-state index in [0.717, 1.165) is 23.5 Å². The Labute approximate surface area is 169 Å². The summed E-state index contributed by atoms with van der Waals surface area (Å²) in [4.78, 5) is 0. The van der Waals surface area contributed by atoms with Gasteiger partial charge in [-0.1, -0.05) is 41.9 Å². The van der Waals surface area contributed by atoms with Crippen molar-refractivity contribution in [1.29, 1.82) is 0 Å². The van der Waals surface area contributed by atoms with E-state index < -0.39 is 0 Å². The quantitative estimate of drug-likeness (QED) is 0.357. The molecule has 0 spiro atoms. The number of aromatic nitrogens is 1. The third kappa shape index (κ3) is 4.96. The second-order valence-electron chi connectivity index (χ2n) is 6.22. The Bertz CT molecular complexity index is 978. The second-order valence-corrected chi connectivity index (χ2v) is 7.04. The third-order valence-corrected chi connectivity index (χ3v) is 4.95. The molecule has 0 amide bonds. The molecule has 1 aromatic heterocycles. The van der Waals surface area contributed by atoms with Gasteiger partial charge in [0.2, 0.25) is 0 Å². The highest BCUT2D eigenvalue weighted by molar-refractivity contribution is 7.80. The lowest BCUT2D eigenvalue weighted by atomic mass is 10.1. The number of hydrazone groups is 1. The highest BCUT2D eigenvalue weighted by Gasteiger charge is 2.04. The summed E-state index contributed by atoms with van der Waals surface area (Å²) in [5.74, 6) is 0. The van der Waals surface area contributed by atoms with Crippen LogP contribution in [0.25, 0.3) is 0 Å². The normalized spacial score (nSPS) is 10.9. The van der Waals surface area contributed by atoms with E-state index in [4.69, 9.17) is 23.8 Å². The molecule has 0 aliphatic carbocycles. The summed E-state index contributed by atoms with van der Waals surface area (Å²) in [5, 5.41) is 8.47. The van der Waals surface area contributed by atoms with E-state index in [-0.39, 0.29) is 0 Å². The molecule has 2 N–H and O–H groups in total. The van der Waals surface area contributed by atoms with Gasteiger partial charge in [0.1, 0.15) is 0 Å². The van der Waals surface area contributed by atoms with Crippen LogP contribution in [0.4, 0.5) is 5.69 Å². The minimum atomic E-state index is 0.411. The molecule has 0 aliphatic heterocycles. The summed E-state index contributed by atoms with van der Waals surface area (Å²) in [5.41, 5.74) is 8.20. The molecule has 0 unspecified atom stereocenters. The van der Waals surface area contributed by atoms with Crippen LogP contribution in [0.15, 0.2) is 65.9 Å². The molecule has 3 aromatic rings. The van der Waals surface area contributed by atoms with Crippen LogP contribution in [0.3, 0.4) is 0 Å². The van der Waals surface area contributed by atoms with Gasteiger partial charge in [0.15, 0.2) is 5.11 Å². The fourth-order valence-electron chi connectivity index (χ4n) is 2.71. The van der Waals surface area contributed by atoms with Crippen LogP contribution in [0, 0.1) is 13.8 Å². The van der Waals surface area contributed by atoms with Crippen LogP contribution in [0.1, 0.15) is 22.4 Å². The number of thiocarbonyl (C=S) groups is 1. The smallest absolute Gasteiger partial charge is 0.191 e. The Morgan fingerprint density at radius 3 is 2.74 bits per heavy atom. The summed E-state index contributed by atoms with van der Waals surface area (Å²) in [6.45, 7) is 4.86. The number of hydrogen-bond acceptors (Lipinski definition) is 2. The minimum absolute atomic E-state index is 0.411. The lowest BCUT2D eigenvalue weighted by Gasteiger charge is -2.11. The maximum atomic E-state index is 6.13. The van der Waals surface area contributed by atoms with Crippen molar-refractivity contribution < 1.29 is 0 Å². The van der Waals surface area contributed by atoms with Crippen molar-refractivity contribution in [3.05, 3.63) is 88.2 Å². The molecule has 2 aromatic carbocycles. The van der Waals surface area contributed by atoms with Crippen LogP contribution in [-0.4, -0.2) is 15.9 Å². The molecular formula is C21H21ClN4S. The van der Waals surface area contributed by atoms with E-state index in [0.29, 0.717) is 10.1 Å². The highest BCUT2D eigenvalue weighted by atomic mass is 35.5. The first kappa shape index (κ1) is 19.1. The van der Waals surface area contributed by atoms with E-state index in [1.807, 2.05) is 43.5 Å². The molecule has 0 saturated heterocycles. The van der Waals surface area contributed by atoms with Gasteiger partial charge in [-0.3, -0.25) is 5.43 Å². The van der Waals surface area contributed by atoms with Gasteiger partial charge >= 0.3 is 0 Å². The van der Waals surface area contributed by atoms with Crippen LogP contribution < -0.4 is 10.7 Å². The predicted molar refractivity (Wildman–Crippen MR) is 118 cm³/mol. The van der Waals surface area contributed by atoms with Gasteiger partial charge in [-0.05, 0) is 67.0 Å². The highest BCUT2D eigenvalue weighted by Crippen LogP contribution is 2.22. The number of nitrogens with zero attached hydrogens (tertiary/aromatic N) is 2. The first-order valence-corrected chi connectivity index (χ1v) is 9.38. The zero-order valence-corrected chi connectivity index (χ0v) is 16.8. The van der Waals surface area contributed by atoms with Gasteiger partial charge in [-0.2, -0.15) is 5.10 Å². The molecule has 1 heterocycles. The number of hydrogen-bond donors (Lipinski definition) is 2. The van der Waals surface area contributed by atoms with Crippen LogP contribution in [0.2, 0.25) is 5.02 Å². The van der Waals surface area contributed by atoms with Crippen molar-refractivity contribution in [3.63, 3.8) is 0 Å². The molecule has 138 valence electrons. The fourth-order valence-corrected chi connectivity index (χ4v) is 3.05. The zero-order valence-electron chi connectivity index (χ0n) is 15.2. The Morgan fingerprint density at radius 2 is 1.93 bits per heavy atom. The molecule has 0 aliphatic rings. The van der Waals surface area contributed by atoms with E-state index >= 15 is 0 Å². The Hall–Kier alpha value is -2.63. The lowest BCUT2D eigenvalue weighted by Crippen LogP contribution is -2.24. The molecule has 0 fully saturated rings. The molecule has 6 heteroatoms. The van der Waals surface area contributed by atoms with Gasteiger partial charge in [0.05, 0.1) is 11.9 Å². The number of nitrogens with one attached hydrogen (secondary N) is 2. The van der Waals surface area contributed by atoms with Gasteiger partial charge < -0.3 is 9.88 Å². The molecule has 3 rings (SSSR count). The topological polar surface area (TPSA) is 41.4 Å². The molecule has 0 atom stereocenters. The van der Waals surface area contributed by atoms with Crippen molar-refractivity contribution in [1.82, 2.24) is 9.99 Å². The molecule has 0 saturated carbocycles. The summed E-state index contributed by atoms with van der Waals surface area (Å²) < 4.78 is 2.14. The van der Waals surface area contributed by atoms with Gasteiger partial charge in [-0.15, -0.1) is 0 Å². The third-order valence-electron chi connectivity index (χ3n) is 4.35.